The number of hydrogen-bond acceptors (Lipinski definition) is 5. The molecule has 0 saturated heterocycles. The van der Waals surface area contributed by atoms with Crippen LogP contribution in [0.1, 0.15) is 67.0 Å². The maximum Gasteiger partial charge on any atom is 0.344 e. The molecular weight excluding hydrogens is 391 g/mol. The molecule has 1 aromatic heterocycles. The number of carbonyl (C=O) groups excluding carboxylic acids is 2. The molecule has 0 bridgehead atoms. The molecule has 0 radical (unpaired) electrons. The van der Waals surface area contributed by atoms with Crippen LogP contribution in [0.25, 0.3) is 0 Å². The van der Waals surface area contributed by atoms with E-state index in [1.54, 1.807) is 32.0 Å². The van der Waals surface area contributed by atoms with E-state index in [2.05, 4.69) is 10.5 Å². The molecule has 2 atom stereocenters. The van der Waals surface area contributed by atoms with Crippen molar-refractivity contribution >= 4 is 35.1 Å². The van der Waals surface area contributed by atoms with Gasteiger partial charge >= 0.3 is 5.97 Å². The van der Waals surface area contributed by atoms with Crippen LogP contribution in [-0.4, -0.2) is 23.1 Å². The van der Waals surface area contributed by atoms with Crippen LogP contribution in [0.5, 0.6) is 0 Å². The van der Waals surface area contributed by atoms with Crippen LogP contribution in [0.4, 0.5) is 0 Å². The fraction of sp³-hybridized carbons (Fsp3) is 0.421. The molecule has 27 heavy (non-hydrogen) atoms. The maximum atomic E-state index is 12.5. The zero-order chi connectivity index (χ0) is 20.3. The number of esters is 1. The van der Waals surface area contributed by atoms with Crippen LogP contribution in [-0.2, 0) is 9.53 Å². The average molecular weight is 413 g/mol. The summed E-state index contributed by atoms with van der Waals surface area (Å²) in [6, 6.07) is 4.65. The summed E-state index contributed by atoms with van der Waals surface area (Å²) in [5.41, 5.74) is 1.40. The number of benzene rings is 1. The molecule has 0 unspecified atom stereocenters. The monoisotopic (exact) mass is 412 g/mol. The third-order valence-electron chi connectivity index (χ3n) is 4.06. The quantitative estimate of drug-likeness (QED) is 0.686. The molecule has 0 spiro atoms. The van der Waals surface area contributed by atoms with Crippen LogP contribution in [0.3, 0.4) is 0 Å². The van der Waals surface area contributed by atoms with E-state index in [-0.39, 0.29) is 17.5 Å². The third-order valence-corrected chi connectivity index (χ3v) is 4.62. The van der Waals surface area contributed by atoms with Crippen LogP contribution < -0.4 is 5.32 Å². The minimum Gasteiger partial charge on any atom is -0.449 e. The smallest absolute Gasteiger partial charge is 0.344 e. The van der Waals surface area contributed by atoms with Crippen LogP contribution in [0.2, 0.25) is 10.0 Å². The number of halogens is 2. The molecule has 6 nitrogen and oxygen atoms in total. The second-order valence-corrected chi connectivity index (χ2v) is 7.45. The average Bonchev–Trinajstić information content (AvgIpc) is 2.96. The Hall–Kier alpha value is -2.05. The van der Waals surface area contributed by atoms with E-state index in [4.69, 9.17) is 32.5 Å². The molecule has 2 aromatic rings. The van der Waals surface area contributed by atoms with Gasteiger partial charge < -0.3 is 14.6 Å². The summed E-state index contributed by atoms with van der Waals surface area (Å²) in [7, 11) is 0. The minimum absolute atomic E-state index is 0.0371. The number of nitrogens with zero attached hydrogens (tertiary/aromatic N) is 1. The fourth-order valence-corrected chi connectivity index (χ4v) is 3.14. The standard InChI is InChI=1S/C19H22Cl2N2O4/c1-9(2)17-16(11(4)23-27-17)19(25)26-12(5)18(24)22-10(3)14-7-6-13(20)8-15(14)21/h6-10,12H,1-5H3,(H,22,24)/t10-,12+/m1/s1. The van der Waals surface area contributed by atoms with Crippen molar-refractivity contribution in [2.45, 2.75) is 52.7 Å². The lowest BCUT2D eigenvalue weighted by atomic mass is 10.1. The van der Waals surface area contributed by atoms with Gasteiger partial charge in [0.05, 0.1) is 11.7 Å². The highest BCUT2D eigenvalue weighted by Crippen LogP contribution is 2.26. The van der Waals surface area contributed by atoms with Gasteiger partial charge in [0.1, 0.15) is 5.56 Å². The molecule has 0 saturated carbocycles. The summed E-state index contributed by atoms with van der Waals surface area (Å²) < 4.78 is 10.5. The number of aromatic nitrogens is 1. The van der Waals surface area contributed by atoms with Crippen molar-refractivity contribution in [1.29, 1.82) is 0 Å². The van der Waals surface area contributed by atoms with Crippen molar-refractivity contribution in [2.24, 2.45) is 0 Å². The molecule has 8 heteroatoms. The Balaban J connectivity index is 2.05. The second-order valence-electron chi connectivity index (χ2n) is 6.61. The van der Waals surface area contributed by atoms with Gasteiger partial charge in [0.2, 0.25) is 0 Å². The van der Waals surface area contributed by atoms with E-state index in [1.165, 1.54) is 6.92 Å². The number of ether oxygens (including phenoxy) is 1. The summed E-state index contributed by atoms with van der Waals surface area (Å²) in [6.45, 7) is 8.69. The first kappa shape index (κ1) is 21.3. The van der Waals surface area contributed by atoms with Crippen molar-refractivity contribution in [3.05, 3.63) is 50.8 Å². The molecule has 2 rings (SSSR count). The van der Waals surface area contributed by atoms with Gasteiger partial charge in [-0.15, -0.1) is 0 Å². The van der Waals surface area contributed by atoms with Gasteiger partial charge in [0.15, 0.2) is 11.9 Å². The lowest BCUT2D eigenvalue weighted by Gasteiger charge is -2.19. The van der Waals surface area contributed by atoms with Crippen LogP contribution in [0, 0.1) is 6.92 Å². The number of hydrogen-bond donors (Lipinski definition) is 1. The largest absolute Gasteiger partial charge is 0.449 e. The van der Waals surface area contributed by atoms with Crippen molar-refractivity contribution < 1.29 is 18.8 Å². The van der Waals surface area contributed by atoms with Crippen molar-refractivity contribution in [3.63, 3.8) is 0 Å². The molecule has 0 fully saturated rings. The van der Waals surface area contributed by atoms with Crippen LogP contribution >= 0.6 is 23.2 Å². The van der Waals surface area contributed by atoms with E-state index < -0.39 is 18.0 Å². The van der Waals surface area contributed by atoms with Crippen molar-refractivity contribution in [2.75, 3.05) is 0 Å². The van der Waals surface area contributed by atoms with Gasteiger partial charge in [-0.3, -0.25) is 4.79 Å². The first-order chi connectivity index (χ1) is 12.6. The van der Waals surface area contributed by atoms with E-state index >= 15 is 0 Å². The third kappa shape index (κ3) is 5.02. The lowest BCUT2D eigenvalue weighted by Crippen LogP contribution is -2.37. The highest BCUT2D eigenvalue weighted by atomic mass is 35.5. The maximum absolute atomic E-state index is 12.5. The SMILES string of the molecule is Cc1noc(C(C)C)c1C(=O)O[C@@H](C)C(=O)N[C@H](C)c1ccc(Cl)cc1Cl. The Kier molecular flexibility index (Phi) is 6.89. The Labute approximate surface area is 168 Å². The summed E-state index contributed by atoms with van der Waals surface area (Å²) in [4.78, 5) is 24.9. The highest BCUT2D eigenvalue weighted by Gasteiger charge is 2.27. The topological polar surface area (TPSA) is 81.4 Å². The second kappa shape index (κ2) is 8.76. The first-order valence-electron chi connectivity index (χ1n) is 8.54. The van der Waals surface area contributed by atoms with E-state index in [9.17, 15) is 9.59 Å². The predicted molar refractivity (Wildman–Crippen MR) is 103 cm³/mol. The summed E-state index contributed by atoms with van der Waals surface area (Å²) >= 11 is 12.1. The van der Waals surface area contributed by atoms with Gasteiger partial charge in [-0.25, -0.2) is 4.79 Å². The summed E-state index contributed by atoms with van der Waals surface area (Å²) in [6.07, 6.45) is -1.000. The molecule has 1 amide bonds. The number of aryl methyl sites for hydroxylation is 1. The number of amides is 1. The number of nitrogens with one attached hydrogen (secondary N) is 1. The van der Waals surface area contributed by atoms with Gasteiger partial charge in [-0.05, 0) is 38.5 Å². The van der Waals surface area contributed by atoms with Crippen molar-refractivity contribution in [1.82, 2.24) is 10.5 Å². The Morgan fingerprint density at radius 2 is 1.85 bits per heavy atom. The number of carbonyl (C=O) groups is 2. The van der Waals surface area contributed by atoms with Gasteiger partial charge in [-0.2, -0.15) is 0 Å². The van der Waals surface area contributed by atoms with E-state index in [1.807, 2.05) is 13.8 Å². The molecule has 1 aromatic carbocycles. The van der Waals surface area contributed by atoms with Gasteiger partial charge in [-0.1, -0.05) is 48.3 Å². The molecule has 0 aliphatic heterocycles. The summed E-state index contributed by atoms with van der Waals surface area (Å²) in [5, 5.41) is 7.55. The minimum atomic E-state index is -1.000. The van der Waals surface area contributed by atoms with Gasteiger partial charge in [0.25, 0.3) is 5.91 Å². The molecule has 0 aliphatic rings. The highest BCUT2D eigenvalue weighted by molar-refractivity contribution is 6.35. The molecule has 0 aliphatic carbocycles. The molecule has 1 N–H and O–H groups in total. The van der Waals surface area contributed by atoms with Gasteiger partial charge in [0, 0.05) is 16.0 Å². The van der Waals surface area contributed by atoms with Crippen molar-refractivity contribution in [3.8, 4) is 0 Å². The fourth-order valence-electron chi connectivity index (χ4n) is 2.56. The Bertz CT molecular complexity index is 848. The zero-order valence-corrected chi connectivity index (χ0v) is 17.3. The molecular formula is C19H22Cl2N2O4. The molecule has 1 heterocycles. The summed E-state index contributed by atoms with van der Waals surface area (Å²) in [5.74, 6) is -0.685. The Morgan fingerprint density at radius 1 is 1.19 bits per heavy atom. The Morgan fingerprint density at radius 3 is 2.44 bits per heavy atom. The number of rotatable bonds is 6. The lowest BCUT2D eigenvalue weighted by molar-refractivity contribution is -0.129. The van der Waals surface area contributed by atoms with E-state index in [0.717, 1.165) is 0 Å². The zero-order valence-electron chi connectivity index (χ0n) is 15.8. The predicted octanol–water partition coefficient (Wildman–Crippen LogP) is 4.84. The normalized spacial score (nSPS) is 13.3. The van der Waals surface area contributed by atoms with E-state index in [0.29, 0.717) is 27.1 Å². The van der Waals surface area contributed by atoms with Crippen LogP contribution in [0.15, 0.2) is 22.7 Å². The molecule has 146 valence electrons. The first-order valence-corrected chi connectivity index (χ1v) is 9.29.